The normalized spacial score (nSPS) is 21.1. The molecular weight excluding hydrogens is 296 g/mol. The van der Waals surface area contributed by atoms with E-state index in [1.807, 2.05) is 7.05 Å². The molecule has 0 amide bonds. The number of hydrogen-bond donors (Lipinski definition) is 1. The molecule has 1 atom stereocenters. The Morgan fingerprint density at radius 3 is 2.90 bits per heavy atom. The highest BCUT2D eigenvalue weighted by Crippen LogP contribution is 2.28. The molecule has 20 heavy (non-hydrogen) atoms. The molecule has 1 aliphatic heterocycles. The standard InChI is InChI=1S/C14H21ClN2O2S/c1-11-13(15)6-3-7-14(11)20(18,19)17-8-4-5-12(10-17)9-16-2/h3,6-7,12,16H,4-5,8-10H2,1-2H3/t12-/m1/s1. The van der Waals surface area contributed by atoms with Crippen molar-refractivity contribution in [1.82, 2.24) is 9.62 Å². The van der Waals surface area contributed by atoms with Crippen molar-refractivity contribution in [1.29, 1.82) is 0 Å². The first kappa shape index (κ1) is 15.8. The Morgan fingerprint density at radius 1 is 1.45 bits per heavy atom. The van der Waals surface area contributed by atoms with Gasteiger partial charge < -0.3 is 5.32 Å². The van der Waals surface area contributed by atoms with Gasteiger partial charge in [0.15, 0.2) is 0 Å². The van der Waals surface area contributed by atoms with E-state index < -0.39 is 10.0 Å². The summed E-state index contributed by atoms with van der Waals surface area (Å²) in [5.74, 6) is 0.378. The number of sulfonamides is 1. The van der Waals surface area contributed by atoms with Gasteiger partial charge in [-0.1, -0.05) is 17.7 Å². The molecule has 1 heterocycles. The predicted octanol–water partition coefficient (Wildman–Crippen LogP) is 2.27. The largest absolute Gasteiger partial charge is 0.319 e. The zero-order chi connectivity index (χ0) is 14.8. The lowest BCUT2D eigenvalue weighted by Crippen LogP contribution is -2.42. The van der Waals surface area contributed by atoms with Crippen molar-refractivity contribution >= 4 is 21.6 Å². The second kappa shape index (κ2) is 6.43. The van der Waals surface area contributed by atoms with Crippen LogP contribution in [0.15, 0.2) is 23.1 Å². The molecule has 1 N–H and O–H groups in total. The molecule has 1 aromatic rings. The first-order chi connectivity index (χ1) is 9.46. The smallest absolute Gasteiger partial charge is 0.243 e. The summed E-state index contributed by atoms with van der Waals surface area (Å²) >= 11 is 6.04. The number of rotatable bonds is 4. The van der Waals surface area contributed by atoms with Crippen LogP contribution in [-0.4, -0.2) is 39.4 Å². The zero-order valence-electron chi connectivity index (χ0n) is 11.9. The number of nitrogens with one attached hydrogen (secondary N) is 1. The molecule has 0 saturated carbocycles. The van der Waals surface area contributed by atoms with E-state index in [0.29, 0.717) is 34.5 Å². The minimum absolute atomic E-state index is 0.329. The summed E-state index contributed by atoms with van der Waals surface area (Å²) in [5, 5.41) is 3.62. The Kier molecular flexibility index (Phi) is 5.07. The van der Waals surface area contributed by atoms with Crippen molar-refractivity contribution in [2.45, 2.75) is 24.7 Å². The molecule has 2 rings (SSSR count). The van der Waals surface area contributed by atoms with E-state index in [-0.39, 0.29) is 0 Å². The van der Waals surface area contributed by atoms with Crippen LogP contribution in [0.2, 0.25) is 5.02 Å². The van der Waals surface area contributed by atoms with Gasteiger partial charge in [-0.2, -0.15) is 4.31 Å². The first-order valence-electron chi connectivity index (χ1n) is 6.86. The maximum atomic E-state index is 12.8. The van der Waals surface area contributed by atoms with Crippen molar-refractivity contribution in [2.24, 2.45) is 5.92 Å². The summed E-state index contributed by atoms with van der Waals surface area (Å²) in [4.78, 5) is 0.329. The minimum atomic E-state index is -3.45. The van der Waals surface area contributed by atoms with Gasteiger partial charge in [0.2, 0.25) is 10.0 Å². The zero-order valence-corrected chi connectivity index (χ0v) is 13.5. The number of hydrogen-bond acceptors (Lipinski definition) is 3. The van der Waals surface area contributed by atoms with Crippen LogP contribution < -0.4 is 5.32 Å². The fraction of sp³-hybridized carbons (Fsp3) is 0.571. The topological polar surface area (TPSA) is 49.4 Å². The molecule has 1 fully saturated rings. The summed E-state index contributed by atoms with van der Waals surface area (Å²) in [6.45, 7) is 3.77. The molecule has 112 valence electrons. The van der Waals surface area contributed by atoms with E-state index in [4.69, 9.17) is 11.6 Å². The van der Waals surface area contributed by atoms with Gasteiger partial charge in [-0.3, -0.25) is 0 Å². The highest BCUT2D eigenvalue weighted by molar-refractivity contribution is 7.89. The van der Waals surface area contributed by atoms with Gasteiger partial charge in [0.25, 0.3) is 0 Å². The highest BCUT2D eigenvalue weighted by Gasteiger charge is 2.31. The molecule has 0 unspecified atom stereocenters. The van der Waals surface area contributed by atoms with E-state index >= 15 is 0 Å². The minimum Gasteiger partial charge on any atom is -0.319 e. The van der Waals surface area contributed by atoms with Gasteiger partial charge in [-0.25, -0.2) is 8.42 Å². The van der Waals surface area contributed by atoms with Crippen LogP contribution in [0.1, 0.15) is 18.4 Å². The van der Waals surface area contributed by atoms with Crippen LogP contribution in [0.4, 0.5) is 0 Å². The summed E-state index contributed by atoms with van der Waals surface area (Å²) in [7, 11) is -1.55. The molecule has 1 aliphatic rings. The Hall–Kier alpha value is -0.620. The second-order valence-corrected chi connectivity index (χ2v) is 7.61. The van der Waals surface area contributed by atoms with Crippen molar-refractivity contribution in [2.75, 3.05) is 26.7 Å². The third kappa shape index (κ3) is 3.17. The van der Waals surface area contributed by atoms with Crippen LogP contribution in [0, 0.1) is 12.8 Å². The Labute approximate surface area is 126 Å². The van der Waals surface area contributed by atoms with Gasteiger partial charge in [-0.15, -0.1) is 0 Å². The lowest BCUT2D eigenvalue weighted by atomic mass is 10.00. The van der Waals surface area contributed by atoms with Gasteiger partial charge in [0.1, 0.15) is 0 Å². The van der Waals surface area contributed by atoms with Crippen LogP contribution in [0.3, 0.4) is 0 Å². The predicted molar refractivity (Wildman–Crippen MR) is 81.6 cm³/mol. The van der Waals surface area contributed by atoms with Crippen molar-refractivity contribution < 1.29 is 8.42 Å². The SMILES string of the molecule is CNC[C@H]1CCCN(S(=O)(=O)c2cccc(Cl)c2C)C1. The Balaban J connectivity index is 2.28. The third-order valence-electron chi connectivity index (χ3n) is 3.81. The molecule has 0 spiro atoms. The van der Waals surface area contributed by atoms with Gasteiger partial charge in [0, 0.05) is 18.1 Å². The number of nitrogens with zero attached hydrogens (tertiary/aromatic N) is 1. The Morgan fingerprint density at radius 2 is 2.20 bits per heavy atom. The second-order valence-electron chi connectivity index (χ2n) is 5.29. The average Bonchev–Trinajstić information content (AvgIpc) is 2.42. The molecule has 0 radical (unpaired) electrons. The van der Waals surface area contributed by atoms with Gasteiger partial charge >= 0.3 is 0 Å². The molecule has 1 aromatic carbocycles. The monoisotopic (exact) mass is 316 g/mol. The van der Waals surface area contributed by atoms with E-state index in [1.165, 1.54) is 0 Å². The van der Waals surface area contributed by atoms with Gasteiger partial charge in [-0.05, 0) is 57.0 Å². The van der Waals surface area contributed by atoms with Crippen molar-refractivity contribution in [3.8, 4) is 0 Å². The van der Waals surface area contributed by atoms with Crippen LogP contribution >= 0.6 is 11.6 Å². The maximum absolute atomic E-state index is 12.8. The number of halogens is 1. The summed E-state index contributed by atoms with van der Waals surface area (Å²) in [5.41, 5.74) is 0.630. The summed E-state index contributed by atoms with van der Waals surface area (Å²) < 4.78 is 27.1. The highest BCUT2D eigenvalue weighted by atomic mass is 35.5. The third-order valence-corrected chi connectivity index (χ3v) is 6.23. The molecule has 6 heteroatoms. The molecule has 1 saturated heterocycles. The van der Waals surface area contributed by atoms with Crippen molar-refractivity contribution in [3.63, 3.8) is 0 Å². The fourth-order valence-corrected chi connectivity index (χ4v) is 4.74. The maximum Gasteiger partial charge on any atom is 0.243 e. The van der Waals surface area contributed by atoms with Crippen molar-refractivity contribution in [3.05, 3.63) is 28.8 Å². The lowest BCUT2D eigenvalue weighted by molar-refractivity contribution is 0.263. The number of piperidine rings is 1. The molecular formula is C14H21ClN2O2S. The fourth-order valence-electron chi connectivity index (χ4n) is 2.71. The van der Waals surface area contributed by atoms with Crippen LogP contribution in [-0.2, 0) is 10.0 Å². The van der Waals surface area contributed by atoms with Crippen LogP contribution in [0.25, 0.3) is 0 Å². The van der Waals surface area contributed by atoms with E-state index in [1.54, 1.807) is 29.4 Å². The quantitative estimate of drug-likeness (QED) is 0.927. The molecule has 0 bridgehead atoms. The molecule has 4 nitrogen and oxygen atoms in total. The number of benzene rings is 1. The molecule has 0 aliphatic carbocycles. The molecule has 0 aromatic heterocycles. The Bertz CT molecular complexity index is 573. The van der Waals surface area contributed by atoms with Crippen LogP contribution in [0.5, 0.6) is 0 Å². The summed E-state index contributed by atoms with van der Waals surface area (Å²) in [6.07, 6.45) is 1.98. The first-order valence-corrected chi connectivity index (χ1v) is 8.68. The lowest BCUT2D eigenvalue weighted by Gasteiger charge is -2.32. The summed E-state index contributed by atoms with van der Waals surface area (Å²) in [6, 6.07) is 5.05. The van der Waals surface area contributed by atoms with E-state index in [9.17, 15) is 8.42 Å². The average molecular weight is 317 g/mol. The van der Waals surface area contributed by atoms with E-state index in [0.717, 1.165) is 19.4 Å². The van der Waals surface area contributed by atoms with Gasteiger partial charge in [0.05, 0.1) is 4.90 Å². The van der Waals surface area contributed by atoms with E-state index in [2.05, 4.69) is 5.32 Å².